The second kappa shape index (κ2) is 8.84. The molecular formula is C19H23N3O2. The van der Waals surface area contributed by atoms with Crippen molar-refractivity contribution >= 4 is 11.8 Å². The van der Waals surface area contributed by atoms with E-state index in [4.69, 9.17) is 5.73 Å². The van der Waals surface area contributed by atoms with Crippen LogP contribution in [0.25, 0.3) is 0 Å². The molecule has 5 nitrogen and oxygen atoms in total. The van der Waals surface area contributed by atoms with E-state index in [0.717, 1.165) is 11.1 Å². The van der Waals surface area contributed by atoms with Gasteiger partial charge in [-0.25, -0.2) is 0 Å². The van der Waals surface area contributed by atoms with Gasteiger partial charge in [0.25, 0.3) is 5.91 Å². The van der Waals surface area contributed by atoms with E-state index in [1.165, 1.54) is 0 Å². The van der Waals surface area contributed by atoms with Gasteiger partial charge in [0.15, 0.2) is 0 Å². The van der Waals surface area contributed by atoms with E-state index in [1.807, 2.05) is 49.4 Å². The van der Waals surface area contributed by atoms with Crippen molar-refractivity contribution in [1.82, 2.24) is 10.6 Å². The fourth-order valence-electron chi connectivity index (χ4n) is 2.33. The molecule has 1 unspecified atom stereocenters. The molecule has 0 aromatic heterocycles. The number of amides is 2. The minimum Gasteiger partial charge on any atom is -0.352 e. The highest BCUT2D eigenvalue weighted by molar-refractivity contribution is 5.94. The summed E-state index contributed by atoms with van der Waals surface area (Å²) in [4.78, 5) is 23.7. The molecule has 0 saturated heterocycles. The average Bonchev–Trinajstić information content (AvgIpc) is 2.61. The fraction of sp³-hybridized carbons (Fsp3) is 0.263. The minimum atomic E-state index is -0.314. The molecule has 126 valence electrons. The topological polar surface area (TPSA) is 84.2 Å². The number of nitrogens with one attached hydrogen (secondary N) is 2. The molecule has 4 N–H and O–H groups in total. The van der Waals surface area contributed by atoms with Crippen molar-refractivity contribution in [3.05, 3.63) is 71.3 Å². The zero-order valence-electron chi connectivity index (χ0n) is 13.8. The molecule has 5 heteroatoms. The fourth-order valence-corrected chi connectivity index (χ4v) is 2.33. The number of nitrogens with two attached hydrogens (primary N) is 1. The van der Waals surface area contributed by atoms with E-state index in [-0.39, 0.29) is 24.3 Å². The highest BCUT2D eigenvalue weighted by Crippen LogP contribution is 2.13. The van der Waals surface area contributed by atoms with Crippen molar-refractivity contribution in [2.75, 3.05) is 6.54 Å². The zero-order chi connectivity index (χ0) is 17.4. The van der Waals surface area contributed by atoms with Gasteiger partial charge in [0.2, 0.25) is 5.91 Å². The number of hydrogen-bond donors (Lipinski definition) is 3. The van der Waals surface area contributed by atoms with Gasteiger partial charge in [-0.2, -0.15) is 0 Å². The molecule has 0 fully saturated rings. The van der Waals surface area contributed by atoms with Crippen molar-refractivity contribution in [3.8, 4) is 0 Å². The third-order valence-corrected chi connectivity index (χ3v) is 3.68. The monoisotopic (exact) mass is 325 g/mol. The Bertz CT molecular complexity index is 669. The first kappa shape index (κ1) is 17.7. The van der Waals surface area contributed by atoms with E-state index in [0.29, 0.717) is 18.7 Å². The lowest BCUT2D eigenvalue weighted by molar-refractivity contribution is -0.121. The molecule has 0 saturated carbocycles. The SMILES string of the molecule is CCNC(=O)c1ccc(CNC(=O)CC(N)c2ccccc2)cc1. The van der Waals surface area contributed by atoms with Crippen molar-refractivity contribution in [2.24, 2.45) is 5.73 Å². The Balaban J connectivity index is 1.82. The van der Waals surface area contributed by atoms with Gasteiger partial charge in [0.1, 0.15) is 0 Å². The van der Waals surface area contributed by atoms with Gasteiger partial charge in [-0.05, 0) is 30.2 Å². The summed E-state index contributed by atoms with van der Waals surface area (Å²) in [5.74, 6) is -0.193. The summed E-state index contributed by atoms with van der Waals surface area (Å²) in [6.07, 6.45) is 0.237. The number of rotatable bonds is 7. The predicted octanol–water partition coefficient (Wildman–Crippen LogP) is 2.14. The summed E-state index contributed by atoms with van der Waals surface area (Å²) >= 11 is 0. The Labute approximate surface area is 142 Å². The Morgan fingerprint density at radius 1 is 1.00 bits per heavy atom. The first-order valence-electron chi connectivity index (χ1n) is 8.04. The molecule has 2 amide bonds. The van der Waals surface area contributed by atoms with Gasteiger partial charge in [0.05, 0.1) is 0 Å². The lowest BCUT2D eigenvalue weighted by Gasteiger charge is -2.12. The van der Waals surface area contributed by atoms with Crippen molar-refractivity contribution in [3.63, 3.8) is 0 Å². The van der Waals surface area contributed by atoms with Gasteiger partial charge in [-0.15, -0.1) is 0 Å². The van der Waals surface area contributed by atoms with E-state index in [2.05, 4.69) is 10.6 Å². The molecule has 2 aromatic rings. The third-order valence-electron chi connectivity index (χ3n) is 3.68. The molecular weight excluding hydrogens is 302 g/mol. The first-order valence-corrected chi connectivity index (χ1v) is 8.04. The van der Waals surface area contributed by atoms with E-state index in [9.17, 15) is 9.59 Å². The van der Waals surface area contributed by atoms with Gasteiger partial charge in [-0.3, -0.25) is 9.59 Å². The Morgan fingerprint density at radius 3 is 2.29 bits per heavy atom. The Hall–Kier alpha value is -2.66. The molecule has 0 radical (unpaired) electrons. The average molecular weight is 325 g/mol. The molecule has 0 heterocycles. The molecule has 0 aliphatic heterocycles. The summed E-state index contributed by atoms with van der Waals surface area (Å²) < 4.78 is 0. The van der Waals surface area contributed by atoms with Crippen LogP contribution in [0.15, 0.2) is 54.6 Å². The Morgan fingerprint density at radius 2 is 1.67 bits per heavy atom. The number of carbonyl (C=O) groups is 2. The lowest BCUT2D eigenvalue weighted by atomic mass is 10.0. The quantitative estimate of drug-likeness (QED) is 0.729. The summed E-state index contributed by atoms with van der Waals surface area (Å²) in [7, 11) is 0. The van der Waals surface area contributed by atoms with Gasteiger partial charge < -0.3 is 16.4 Å². The van der Waals surface area contributed by atoms with Crippen molar-refractivity contribution in [1.29, 1.82) is 0 Å². The van der Waals surface area contributed by atoms with Gasteiger partial charge in [0, 0.05) is 31.1 Å². The summed E-state index contributed by atoms with van der Waals surface area (Å²) in [6.45, 7) is 2.89. The van der Waals surface area contributed by atoms with Gasteiger partial charge in [-0.1, -0.05) is 42.5 Å². The normalized spacial score (nSPS) is 11.6. The molecule has 0 aliphatic carbocycles. The van der Waals surface area contributed by atoms with Crippen LogP contribution in [0, 0.1) is 0 Å². The van der Waals surface area contributed by atoms with E-state index >= 15 is 0 Å². The predicted molar refractivity (Wildman–Crippen MR) is 94.3 cm³/mol. The maximum atomic E-state index is 12.0. The maximum absolute atomic E-state index is 12.0. The molecule has 0 bridgehead atoms. The van der Waals surface area contributed by atoms with Crippen LogP contribution in [0.1, 0.15) is 40.9 Å². The van der Waals surface area contributed by atoms with Crippen molar-refractivity contribution < 1.29 is 9.59 Å². The Kier molecular flexibility index (Phi) is 6.51. The van der Waals surface area contributed by atoms with Crippen LogP contribution >= 0.6 is 0 Å². The van der Waals surface area contributed by atoms with Crippen LogP contribution in [0.2, 0.25) is 0 Å². The van der Waals surface area contributed by atoms with Crippen LogP contribution in [0.4, 0.5) is 0 Å². The van der Waals surface area contributed by atoms with Crippen LogP contribution < -0.4 is 16.4 Å². The largest absolute Gasteiger partial charge is 0.352 e. The second-order valence-electron chi connectivity index (χ2n) is 5.55. The first-order chi connectivity index (χ1) is 11.6. The molecule has 2 rings (SSSR count). The lowest BCUT2D eigenvalue weighted by Crippen LogP contribution is -2.27. The summed E-state index contributed by atoms with van der Waals surface area (Å²) in [5.41, 5.74) is 8.53. The van der Waals surface area contributed by atoms with Crippen LogP contribution in [0.5, 0.6) is 0 Å². The summed E-state index contributed by atoms with van der Waals surface area (Å²) in [6, 6.07) is 16.4. The number of hydrogen-bond acceptors (Lipinski definition) is 3. The molecule has 0 aliphatic rings. The highest BCUT2D eigenvalue weighted by atomic mass is 16.2. The van der Waals surface area contributed by atoms with E-state index in [1.54, 1.807) is 12.1 Å². The molecule has 1 atom stereocenters. The summed E-state index contributed by atoms with van der Waals surface area (Å²) in [5, 5.41) is 5.60. The van der Waals surface area contributed by atoms with Crippen LogP contribution in [-0.2, 0) is 11.3 Å². The minimum absolute atomic E-state index is 0.0954. The number of benzene rings is 2. The van der Waals surface area contributed by atoms with Crippen molar-refractivity contribution in [2.45, 2.75) is 25.9 Å². The standard InChI is InChI=1S/C19H23N3O2/c1-2-21-19(24)16-10-8-14(9-11-16)13-22-18(23)12-17(20)15-6-4-3-5-7-15/h3-11,17H,2,12-13,20H2,1H3,(H,21,24)(H,22,23). The number of carbonyl (C=O) groups excluding carboxylic acids is 2. The maximum Gasteiger partial charge on any atom is 0.251 e. The zero-order valence-corrected chi connectivity index (χ0v) is 13.8. The van der Waals surface area contributed by atoms with E-state index < -0.39 is 0 Å². The molecule has 0 spiro atoms. The highest BCUT2D eigenvalue weighted by Gasteiger charge is 2.11. The molecule has 24 heavy (non-hydrogen) atoms. The molecule has 2 aromatic carbocycles. The van der Waals surface area contributed by atoms with Gasteiger partial charge >= 0.3 is 0 Å². The second-order valence-corrected chi connectivity index (χ2v) is 5.55. The smallest absolute Gasteiger partial charge is 0.251 e. The third kappa shape index (κ3) is 5.21. The van der Waals surface area contributed by atoms with Crippen LogP contribution in [-0.4, -0.2) is 18.4 Å². The van der Waals surface area contributed by atoms with Crippen LogP contribution in [0.3, 0.4) is 0 Å².